The molecule has 3 aromatic heterocycles. The Labute approximate surface area is 226 Å². The predicted molar refractivity (Wildman–Crippen MR) is 136 cm³/mol. The van der Waals surface area contributed by atoms with Crippen LogP contribution in [0.3, 0.4) is 0 Å². The number of halogens is 2. The number of nitrogens with zero attached hydrogens (tertiary/aromatic N) is 7. The maximum Gasteiger partial charge on any atom is 0.387 e. The maximum absolute atomic E-state index is 13.3. The second-order valence-corrected chi connectivity index (χ2v) is 11.0. The summed E-state index contributed by atoms with van der Waals surface area (Å²) in [4.78, 5) is 28.6. The molecular weight excluding hydrogens is 520 g/mol. The number of hydrogen-bond donors (Lipinski definition) is 1. The second-order valence-electron chi connectivity index (χ2n) is 11.0. The zero-order valence-electron chi connectivity index (χ0n) is 21.5. The molecule has 7 rings (SSSR count). The van der Waals surface area contributed by atoms with Crippen LogP contribution in [0.5, 0.6) is 5.75 Å². The van der Waals surface area contributed by atoms with Gasteiger partial charge in [0.05, 0.1) is 29.1 Å². The number of benzene rings is 1. The van der Waals surface area contributed by atoms with E-state index < -0.39 is 23.5 Å². The third-order valence-electron chi connectivity index (χ3n) is 8.28. The summed E-state index contributed by atoms with van der Waals surface area (Å²) in [5, 5.41) is 24.6. The molecule has 0 spiro atoms. The van der Waals surface area contributed by atoms with Gasteiger partial charge in [0.15, 0.2) is 5.65 Å². The van der Waals surface area contributed by atoms with Gasteiger partial charge in [-0.3, -0.25) is 4.79 Å². The van der Waals surface area contributed by atoms with E-state index in [1.54, 1.807) is 60.2 Å². The lowest BCUT2D eigenvalue weighted by Gasteiger charge is -2.45. The standard InChI is InChI=1S/C28H23F2N7O3/c1-27(39)11-28(12-27,13-31)25-32-9-14(10-33-25)17-6-7-37-23(34-17)21-16-8-18(22(21)35-37)36(2)24(38)15-4-3-5-19(20(15)16)40-26(29)30/h3-7,9-10,16,18,26,39H,8,11-12H2,1-2H3/t16-,18-,27?,28?/m1/s1. The molecule has 202 valence electrons. The van der Waals surface area contributed by atoms with E-state index >= 15 is 0 Å². The largest absolute Gasteiger partial charge is 0.434 e. The fourth-order valence-corrected chi connectivity index (χ4v) is 6.62. The van der Waals surface area contributed by atoms with Crippen molar-refractivity contribution in [2.24, 2.45) is 0 Å². The van der Waals surface area contributed by atoms with Crippen LogP contribution >= 0.6 is 0 Å². The number of ether oxygens (including phenoxy) is 1. The van der Waals surface area contributed by atoms with Gasteiger partial charge in [-0.2, -0.15) is 19.1 Å². The van der Waals surface area contributed by atoms with Crippen molar-refractivity contribution in [3.8, 4) is 23.1 Å². The zero-order chi connectivity index (χ0) is 28.0. The third kappa shape index (κ3) is 3.43. The molecule has 0 saturated heterocycles. The van der Waals surface area contributed by atoms with Gasteiger partial charge in [0.25, 0.3) is 5.91 Å². The van der Waals surface area contributed by atoms with Gasteiger partial charge >= 0.3 is 6.61 Å². The third-order valence-corrected chi connectivity index (χ3v) is 8.28. The van der Waals surface area contributed by atoms with Crippen molar-refractivity contribution in [2.75, 3.05) is 7.05 Å². The Morgan fingerprint density at radius 3 is 2.62 bits per heavy atom. The molecule has 1 fully saturated rings. The van der Waals surface area contributed by atoms with Crippen molar-refractivity contribution in [1.29, 1.82) is 5.26 Å². The van der Waals surface area contributed by atoms with E-state index in [1.807, 2.05) is 0 Å². The fraction of sp³-hybridized carbons (Fsp3) is 0.357. The Morgan fingerprint density at radius 2 is 1.95 bits per heavy atom. The highest BCUT2D eigenvalue weighted by Gasteiger charge is 2.54. The minimum atomic E-state index is -3.04. The molecule has 1 aromatic carbocycles. The van der Waals surface area contributed by atoms with Crippen LogP contribution in [0.25, 0.3) is 16.9 Å². The molecule has 0 radical (unpaired) electrons. The van der Waals surface area contributed by atoms with Gasteiger partial charge in [-0.05, 0) is 31.5 Å². The Hall–Kier alpha value is -4.50. The number of aromatic nitrogens is 5. The number of amides is 1. The Bertz CT molecular complexity index is 1740. The molecule has 4 heterocycles. The summed E-state index contributed by atoms with van der Waals surface area (Å²) in [6.45, 7) is -1.35. The summed E-state index contributed by atoms with van der Waals surface area (Å²) < 4.78 is 33.2. The van der Waals surface area contributed by atoms with E-state index in [2.05, 4.69) is 16.0 Å². The summed E-state index contributed by atoms with van der Waals surface area (Å²) in [5.74, 6) is -0.385. The highest BCUT2D eigenvalue weighted by atomic mass is 19.3. The molecule has 1 amide bonds. The molecule has 2 bridgehead atoms. The lowest BCUT2D eigenvalue weighted by molar-refractivity contribution is -0.0583. The van der Waals surface area contributed by atoms with Crippen molar-refractivity contribution < 1.29 is 23.4 Å². The summed E-state index contributed by atoms with van der Waals surface area (Å²) in [6, 6.07) is 8.29. The topological polar surface area (TPSA) is 130 Å². The van der Waals surface area contributed by atoms with E-state index in [1.165, 1.54) is 6.07 Å². The van der Waals surface area contributed by atoms with E-state index in [0.717, 1.165) is 5.56 Å². The molecule has 4 aromatic rings. The number of aliphatic hydroxyl groups is 1. The van der Waals surface area contributed by atoms with Gasteiger partial charge < -0.3 is 14.7 Å². The number of nitriles is 1. The molecule has 1 saturated carbocycles. The monoisotopic (exact) mass is 543 g/mol. The molecule has 10 nitrogen and oxygen atoms in total. The van der Waals surface area contributed by atoms with Crippen LogP contribution in [0.4, 0.5) is 8.78 Å². The molecule has 1 N–H and O–H groups in total. The van der Waals surface area contributed by atoms with E-state index in [9.17, 15) is 23.9 Å². The molecule has 0 unspecified atom stereocenters. The minimum absolute atomic E-state index is 0.0337. The molecule has 2 aliphatic carbocycles. The molecule has 12 heteroatoms. The summed E-state index contributed by atoms with van der Waals surface area (Å²) >= 11 is 0. The summed E-state index contributed by atoms with van der Waals surface area (Å²) in [7, 11) is 1.69. The molecule has 40 heavy (non-hydrogen) atoms. The molecule has 3 aliphatic rings. The first-order valence-corrected chi connectivity index (χ1v) is 12.8. The Kier molecular flexibility index (Phi) is 5.06. The quantitative estimate of drug-likeness (QED) is 0.412. The predicted octanol–water partition coefficient (Wildman–Crippen LogP) is 3.76. The van der Waals surface area contributed by atoms with E-state index in [4.69, 9.17) is 14.8 Å². The van der Waals surface area contributed by atoms with E-state index in [-0.39, 0.29) is 30.5 Å². The zero-order valence-corrected chi connectivity index (χ0v) is 21.5. The van der Waals surface area contributed by atoms with E-state index in [0.29, 0.717) is 46.0 Å². The number of carbonyl (C=O) groups is 1. The minimum Gasteiger partial charge on any atom is -0.434 e. The maximum atomic E-state index is 13.3. The smallest absolute Gasteiger partial charge is 0.387 e. The van der Waals surface area contributed by atoms with Gasteiger partial charge in [-0.1, -0.05) is 6.07 Å². The SMILES string of the molecule is CN1C(=O)c2cccc(OC(F)F)c2[C@H]2C[C@@H]1c1nn3ccc(-c4cnc(C5(C#N)CC(C)(O)C5)nc4)nc3c12. The van der Waals surface area contributed by atoms with Gasteiger partial charge in [0, 0.05) is 66.7 Å². The normalized spacial score (nSPS) is 26.7. The molecular formula is C28H23F2N7O3. The number of alkyl halides is 2. The van der Waals surface area contributed by atoms with Gasteiger partial charge in [0.2, 0.25) is 0 Å². The van der Waals surface area contributed by atoms with Crippen LogP contribution in [-0.2, 0) is 5.41 Å². The highest BCUT2D eigenvalue weighted by molar-refractivity contribution is 5.98. The number of carbonyl (C=O) groups excluding carboxylic acids is 1. The van der Waals surface area contributed by atoms with Gasteiger partial charge in [-0.15, -0.1) is 0 Å². The van der Waals surface area contributed by atoms with Gasteiger partial charge in [0.1, 0.15) is 17.0 Å². The first-order chi connectivity index (χ1) is 19.1. The van der Waals surface area contributed by atoms with Crippen LogP contribution in [-0.4, -0.2) is 59.7 Å². The van der Waals surface area contributed by atoms with Crippen LogP contribution in [0, 0.1) is 11.3 Å². The molecule has 2 atom stereocenters. The van der Waals surface area contributed by atoms with Crippen molar-refractivity contribution in [3.05, 3.63) is 71.1 Å². The lowest BCUT2D eigenvalue weighted by Crippen LogP contribution is -2.52. The van der Waals surface area contributed by atoms with Crippen LogP contribution < -0.4 is 4.74 Å². The summed E-state index contributed by atoms with van der Waals surface area (Å²) in [5.41, 5.74) is 2.04. The van der Waals surface area contributed by atoms with Crippen molar-refractivity contribution >= 4 is 11.6 Å². The number of hydrogen-bond acceptors (Lipinski definition) is 8. The van der Waals surface area contributed by atoms with Gasteiger partial charge in [-0.25, -0.2) is 19.5 Å². The Morgan fingerprint density at radius 1 is 1.20 bits per heavy atom. The lowest BCUT2D eigenvalue weighted by atomic mass is 9.60. The average molecular weight is 544 g/mol. The van der Waals surface area contributed by atoms with Crippen LogP contribution in [0.2, 0.25) is 0 Å². The van der Waals surface area contributed by atoms with Crippen molar-refractivity contribution in [1.82, 2.24) is 29.5 Å². The summed E-state index contributed by atoms with van der Waals surface area (Å²) in [6.07, 6.45) is 5.95. The number of fused-ring (bicyclic) bond motifs is 9. The van der Waals surface area contributed by atoms with Crippen LogP contribution in [0.15, 0.2) is 42.9 Å². The van der Waals surface area contributed by atoms with Crippen LogP contribution in [0.1, 0.15) is 71.1 Å². The first kappa shape index (κ1) is 24.5. The second kappa shape index (κ2) is 8.25. The molecule has 1 aliphatic heterocycles. The van der Waals surface area contributed by atoms with Crippen molar-refractivity contribution in [3.63, 3.8) is 0 Å². The highest BCUT2D eigenvalue weighted by Crippen LogP contribution is 2.53. The Balaban J connectivity index is 1.33. The first-order valence-electron chi connectivity index (χ1n) is 12.8. The number of rotatable bonds is 4. The fourth-order valence-electron chi connectivity index (χ4n) is 6.62. The average Bonchev–Trinajstić information content (AvgIpc) is 3.44. The van der Waals surface area contributed by atoms with Crippen molar-refractivity contribution in [2.45, 2.75) is 55.8 Å².